The number of fused-ring (bicyclic) bond motifs is 1. The second-order valence-corrected chi connectivity index (χ2v) is 8.80. The van der Waals surface area contributed by atoms with Gasteiger partial charge >= 0.3 is 0 Å². The summed E-state index contributed by atoms with van der Waals surface area (Å²) in [7, 11) is 1.87. The zero-order chi connectivity index (χ0) is 24.4. The minimum atomic E-state index is -0.00168. The maximum atomic E-state index is 12.1. The molecule has 6 heteroatoms. The van der Waals surface area contributed by atoms with Gasteiger partial charge in [-0.3, -0.25) is 9.48 Å². The van der Waals surface area contributed by atoms with E-state index in [0.29, 0.717) is 19.0 Å². The van der Waals surface area contributed by atoms with Crippen LogP contribution >= 0.6 is 0 Å². The van der Waals surface area contributed by atoms with Gasteiger partial charge in [0.15, 0.2) is 0 Å². The van der Waals surface area contributed by atoms with Gasteiger partial charge in [0.05, 0.1) is 16.8 Å². The van der Waals surface area contributed by atoms with Gasteiger partial charge in [-0.2, -0.15) is 0 Å². The van der Waals surface area contributed by atoms with Gasteiger partial charge in [0.1, 0.15) is 6.61 Å². The molecular formula is C29H28N4O2. The van der Waals surface area contributed by atoms with E-state index in [9.17, 15) is 4.79 Å². The standard InChI is InChI=1S/C29H28N4O2/c1-4-15-33-17-24(13-14-27(33)34)25-18-32(3)31-29(25)35-19-21-9-11-22(12-10-21)28-20(2)16-23-7-5-6-8-26(23)30-28/h5-14,16-18H,4,15,19H2,1-3H3. The van der Waals surface area contributed by atoms with E-state index in [1.165, 1.54) is 0 Å². The summed E-state index contributed by atoms with van der Waals surface area (Å²) in [5.41, 5.74) is 7.03. The summed E-state index contributed by atoms with van der Waals surface area (Å²) in [5.74, 6) is 0.547. The summed E-state index contributed by atoms with van der Waals surface area (Å²) in [6.45, 7) is 5.22. The van der Waals surface area contributed by atoms with E-state index in [1.807, 2.05) is 43.7 Å². The van der Waals surface area contributed by atoms with Gasteiger partial charge in [-0.25, -0.2) is 4.98 Å². The maximum absolute atomic E-state index is 12.1. The fraction of sp³-hybridized carbons (Fsp3) is 0.207. The molecule has 0 atom stereocenters. The highest BCUT2D eigenvalue weighted by Gasteiger charge is 2.13. The normalized spacial score (nSPS) is 11.2. The minimum absolute atomic E-state index is 0.00168. The molecule has 6 nitrogen and oxygen atoms in total. The Balaban J connectivity index is 1.36. The van der Waals surface area contributed by atoms with Crippen molar-refractivity contribution in [2.45, 2.75) is 33.4 Å². The number of hydrogen-bond acceptors (Lipinski definition) is 4. The second kappa shape index (κ2) is 9.58. The number of rotatable bonds is 7. The molecule has 0 aliphatic heterocycles. The molecule has 5 aromatic rings. The summed E-state index contributed by atoms with van der Waals surface area (Å²) in [6, 6.07) is 22.1. The molecule has 2 aromatic carbocycles. The molecule has 0 bridgehead atoms. The van der Waals surface area contributed by atoms with Crippen LogP contribution in [-0.4, -0.2) is 19.3 Å². The smallest absolute Gasteiger partial charge is 0.250 e. The Morgan fingerprint density at radius 2 is 1.71 bits per heavy atom. The van der Waals surface area contributed by atoms with Crippen LogP contribution in [0.2, 0.25) is 0 Å². The first-order valence-electron chi connectivity index (χ1n) is 11.8. The zero-order valence-electron chi connectivity index (χ0n) is 20.2. The Morgan fingerprint density at radius 1 is 0.943 bits per heavy atom. The highest BCUT2D eigenvalue weighted by atomic mass is 16.5. The Hall–Kier alpha value is -4.19. The van der Waals surface area contributed by atoms with Gasteiger partial charge in [-0.15, -0.1) is 5.10 Å². The van der Waals surface area contributed by atoms with E-state index in [0.717, 1.165) is 50.8 Å². The van der Waals surface area contributed by atoms with Crippen LogP contribution in [0.15, 0.2) is 83.9 Å². The molecule has 3 aromatic heterocycles. The van der Waals surface area contributed by atoms with Crippen molar-refractivity contribution in [3.8, 4) is 28.3 Å². The van der Waals surface area contributed by atoms with Crippen molar-refractivity contribution in [1.82, 2.24) is 19.3 Å². The van der Waals surface area contributed by atoms with E-state index in [2.05, 4.69) is 55.3 Å². The van der Waals surface area contributed by atoms with Crippen LogP contribution in [0, 0.1) is 6.92 Å². The van der Waals surface area contributed by atoms with Crippen molar-refractivity contribution in [2.24, 2.45) is 7.05 Å². The van der Waals surface area contributed by atoms with Crippen LogP contribution in [0.1, 0.15) is 24.5 Å². The minimum Gasteiger partial charge on any atom is -0.471 e. The van der Waals surface area contributed by atoms with Crippen LogP contribution in [0.5, 0.6) is 5.88 Å². The van der Waals surface area contributed by atoms with Gasteiger partial charge in [-0.1, -0.05) is 49.4 Å². The summed E-state index contributed by atoms with van der Waals surface area (Å²) in [4.78, 5) is 17.0. The van der Waals surface area contributed by atoms with Crippen LogP contribution in [0.3, 0.4) is 0 Å². The lowest BCUT2D eigenvalue weighted by atomic mass is 10.0. The molecule has 5 rings (SSSR count). The summed E-state index contributed by atoms with van der Waals surface area (Å²) >= 11 is 0. The van der Waals surface area contributed by atoms with Crippen LogP contribution in [0.4, 0.5) is 0 Å². The lowest BCUT2D eigenvalue weighted by Gasteiger charge is -2.10. The van der Waals surface area contributed by atoms with Gasteiger partial charge in [0, 0.05) is 48.6 Å². The van der Waals surface area contributed by atoms with E-state index in [-0.39, 0.29) is 5.56 Å². The highest BCUT2D eigenvalue weighted by molar-refractivity contribution is 5.83. The lowest BCUT2D eigenvalue weighted by Crippen LogP contribution is -2.18. The monoisotopic (exact) mass is 464 g/mol. The molecule has 0 aliphatic carbocycles. The van der Waals surface area contributed by atoms with Crippen molar-refractivity contribution < 1.29 is 4.74 Å². The number of ether oxygens (including phenoxy) is 1. The molecule has 0 unspecified atom stereocenters. The van der Waals surface area contributed by atoms with Crippen LogP contribution in [-0.2, 0) is 20.2 Å². The second-order valence-electron chi connectivity index (χ2n) is 8.80. The third-order valence-corrected chi connectivity index (χ3v) is 6.07. The molecule has 0 fully saturated rings. The topological polar surface area (TPSA) is 61.9 Å². The van der Waals surface area contributed by atoms with Gasteiger partial charge in [0.25, 0.3) is 5.56 Å². The number of aromatic nitrogens is 4. The molecule has 0 aliphatic rings. The largest absolute Gasteiger partial charge is 0.471 e. The first kappa shape index (κ1) is 22.6. The molecule has 0 saturated carbocycles. The predicted octanol–water partition coefficient (Wildman–Crippen LogP) is 5.76. The van der Waals surface area contributed by atoms with Crippen molar-refractivity contribution in [2.75, 3.05) is 0 Å². The van der Waals surface area contributed by atoms with Crippen LogP contribution < -0.4 is 10.3 Å². The van der Waals surface area contributed by atoms with Crippen molar-refractivity contribution in [3.63, 3.8) is 0 Å². The Kier molecular flexibility index (Phi) is 6.19. The average Bonchev–Trinajstić information content (AvgIpc) is 3.24. The number of para-hydroxylation sites is 1. The average molecular weight is 465 g/mol. The van der Waals surface area contributed by atoms with E-state index < -0.39 is 0 Å². The lowest BCUT2D eigenvalue weighted by molar-refractivity contribution is 0.292. The third kappa shape index (κ3) is 4.73. The van der Waals surface area contributed by atoms with E-state index in [4.69, 9.17) is 9.72 Å². The summed E-state index contributed by atoms with van der Waals surface area (Å²) < 4.78 is 9.58. The molecule has 0 radical (unpaired) electrons. The quantitative estimate of drug-likeness (QED) is 0.307. The Bertz CT molecular complexity index is 1550. The number of hydrogen-bond donors (Lipinski definition) is 0. The van der Waals surface area contributed by atoms with Gasteiger partial charge < -0.3 is 9.30 Å². The maximum Gasteiger partial charge on any atom is 0.250 e. The fourth-order valence-corrected chi connectivity index (χ4v) is 4.30. The molecule has 0 N–H and O–H groups in total. The number of pyridine rings is 2. The summed E-state index contributed by atoms with van der Waals surface area (Å²) in [5, 5.41) is 5.65. The number of benzene rings is 2. The SMILES string of the molecule is CCCn1cc(-c2cn(C)nc2OCc2ccc(-c3nc4ccccc4cc3C)cc2)ccc1=O. The van der Waals surface area contributed by atoms with Crippen molar-refractivity contribution in [3.05, 3.63) is 101 Å². The van der Waals surface area contributed by atoms with E-state index >= 15 is 0 Å². The van der Waals surface area contributed by atoms with Crippen LogP contribution in [0.25, 0.3) is 33.3 Å². The molecule has 0 spiro atoms. The van der Waals surface area contributed by atoms with Crippen molar-refractivity contribution >= 4 is 10.9 Å². The Labute approximate surface area is 204 Å². The number of aryl methyl sites for hydroxylation is 3. The van der Waals surface area contributed by atoms with Gasteiger partial charge in [-0.05, 0) is 42.7 Å². The van der Waals surface area contributed by atoms with Gasteiger partial charge in [0.2, 0.25) is 5.88 Å². The third-order valence-electron chi connectivity index (χ3n) is 6.07. The number of nitrogens with zero attached hydrogens (tertiary/aromatic N) is 4. The first-order valence-corrected chi connectivity index (χ1v) is 11.8. The van der Waals surface area contributed by atoms with Crippen molar-refractivity contribution in [1.29, 1.82) is 0 Å². The highest BCUT2D eigenvalue weighted by Crippen LogP contribution is 2.29. The fourth-order valence-electron chi connectivity index (χ4n) is 4.30. The first-order chi connectivity index (χ1) is 17.0. The molecule has 0 saturated heterocycles. The zero-order valence-corrected chi connectivity index (χ0v) is 20.2. The molecule has 3 heterocycles. The Morgan fingerprint density at radius 3 is 2.51 bits per heavy atom. The predicted molar refractivity (Wildman–Crippen MR) is 139 cm³/mol. The molecule has 0 amide bonds. The molecule has 35 heavy (non-hydrogen) atoms. The summed E-state index contributed by atoms with van der Waals surface area (Å²) in [6.07, 6.45) is 4.69. The molecule has 176 valence electrons. The van der Waals surface area contributed by atoms with E-state index in [1.54, 1.807) is 15.3 Å². The molecular weight excluding hydrogens is 436 g/mol.